The molecule has 1 saturated carbocycles. The highest BCUT2D eigenvalue weighted by Crippen LogP contribution is 2.49. The number of hydrogen-bond acceptors (Lipinski definition) is 12. The zero-order valence-corrected chi connectivity index (χ0v) is 27.3. The molecule has 0 amide bonds. The van der Waals surface area contributed by atoms with Gasteiger partial charge in [0.2, 0.25) is 0 Å². The first-order chi connectivity index (χ1) is 21.9. The predicted octanol–water partition coefficient (Wildman–Crippen LogP) is 4.13. The molecule has 0 unspecified atom stereocenters. The van der Waals surface area contributed by atoms with Gasteiger partial charge >= 0.3 is 19.7 Å². The van der Waals surface area contributed by atoms with Crippen molar-refractivity contribution < 1.29 is 42.5 Å². The number of nitrogens with one attached hydrogen (secondary N) is 1. The Hall–Kier alpha value is -3.55. The number of esters is 2. The van der Waals surface area contributed by atoms with Crippen LogP contribution in [0.15, 0.2) is 48.8 Å². The van der Waals surface area contributed by atoms with Crippen LogP contribution < -0.4 is 15.3 Å². The van der Waals surface area contributed by atoms with Crippen molar-refractivity contribution in [1.82, 2.24) is 19.7 Å². The second kappa shape index (κ2) is 14.1. The van der Waals surface area contributed by atoms with Crippen molar-refractivity contribution in [1.29, 1.82) is 0 Å². The van der Waals surface area contributed by atoms with Crippen LogP contribution in [-0.4, -0.2) is 68.2 Å². The van der Waals surface area contributed by atoms with Gasteiger partial charge in [-0.05, 0) is 63.8 Å². The van der Waals surface area contributed by atoms with E-state index in [4.69, 9.17) is 29.0 Å². The molecule has 1 aliphatic carbocycles. The number of aliphatic hydroxyl groups is 1. The van der Waals surface area contributed by atoms with E-state index in [2.05, 4.69) is 15.2 Å². The molecule has 0 radical (unpaired) electrons. The van der Waals surface area contributed by atoms with Gasteiger partial charge in [0, 0.05) is 0 Å². The number of carbonyl (C=O) groups is 2. The van der Waals surface area contributed by atoms with Gasteiger partial charge in [0.1, 0.15) is 47.5 Å². The number of anilines is 1. The Morgan fingerprint density at radius 1 is 1.11 bits per heavy atom. The maximum atomic E-state index is 14.2. The van der Waals surface area contributed by atoms with E-state index in [0.29, 0.717) is 11.2 Å². The summed E-state index contributed by atoms with van der Waals surface area (Å²) in [7, 11) is -4.31. The minimum atomic E-state index is -4.31. The summed E-state index contributed by atoms with van der Waals surface area (Å²) in [6, 6.07) is 10.7. The maximum absolute atomic E-state index is 14.2. The van der Waals surface area contributed by atoms with Gasteiger partial charge in [0.05, 0.1) is 18.2 Å². The molecule has 1 saturated heterocycles. The Kier molecular flexibility index (Phi) is 10.3. The highest BCUT2D eigenvalue weighted by molar-refractivity contribution is 7.52. The summed E-state index contributed by atoms with van der Waals surface area (Å²) in [6.45, 7) is 5.92. The van der Waals surface area contributed by atoms with Crippen molar-refractivity contribution in [3.05, 3.63) is 54.5 Å². The van der Waals surface area contributed by atoms with Crippen LogP contribution in [0.4, 0.5) is 5.82 Å². The molecular formula is C31H42N5O9P. The molecule has 2 aromatic heterocycles. The van der Waals surface area contributed by atoms with Crippen LogP contribution >= 0.6 is 7.75 Å². The molecule has 14 nitrogen and oxygen atoms in total. The van der Waals surface area contributed by atoms with E-state index in [9.17, 15) is 19.3 Å². The van der Waals surface area contributed by atoms with Gasteiger partial charge in [-0.2, -0.15) is 10.2 Å². The van der Waals surface area contributed by atoms with Crippen molar-refractivity contribution in [2.75, 3.05) is 12.3 Å². The first kappa shape index (κ1) is 33.8. The summed E-state index contributed by atoms with van der Waals surface area (Å²) in [4.78, 5) is 29.7. The third-order valence-electron chi connectivity index (χ3n) is 8.19. The molecule has 1 aliphatic heterocycles. The lowest BCUT2D eigenvalue weighted by molar-refractivity contribution is -0.159. The molecule has 250 valence electrons. The molecule has 2 aliphatic rings. The Morgan fingerprint density at radius 3 is 2.52 bits per heavy atom. The fourth-order valence-electron chi connectivity index (χ4n) is 5.54. The van der Waals surface area contributed by atoms with E-state index in [-0.39, 0.29) is 17.7 Å². The lowest BCUT2D eigenvalue weighted by Crippen LogP contribution is -2.46. The van der Waals surface area contributed by atoms with E-state index in [1.165, 1.54) is 17.8 Å². The molecular weight excluding hydrogens is 617 g/mol. The Morgan fingerprint density at radius 2 is 1.83 bits per heavy atom. The number of aliphatic hydroxyl groups excluding tert-OH is 1. The lowest BCUT2D eigenvalue weighted by atomic mass is 9.96. The van der Waals surface area contributed by atoms with Gasteiger partial charge < -0.3 is 29.6 Å². The number of nitrogens with two attached hydrogens (primary N) is 1. The smallest absolute Gasteiger partial charge is 0.459 e. The first-order valence-corrected chi connectivity index (χ1v) is 17.1. The molecule has 0 spiro atoms. The van der Waals surface area contributed by atoms with Gasteiger partial charge in [0.25, 0.3) is 0 Å². The number of ether oxygens (including phenoxy) is 3. The van der Waals surface area contributed by atoms with E-state index >= 15 is 0 Å². The van der Waals surface area contributed by atoms with Crippen molar-refractivity contribution in [3.8, 4) is 5.75 Å². The molecule has 2 fully saturated rings. The highest BCUT2D eigenvalue weighted by atomic mass is 31.2. The van der Waals surface area contributed by atoms with Crippen LogP contribution in [0.25, 0.3) is 5.52 Å². The van der Waals surface area contributed by atoms with Crippen molar-refractivity contribution in [2.45, 2.75) is 95.9 Å². The van der Waals surface area contributed by atoms with E-state index < -0.39 is 62.2 Å². The van der Waals surface area contributed by atoms with E-state index in [1.54, 1.807) is 63.2 Å². The SMILES string of the molecule is CC(C)C(=O)O[C@H]1[C@H](c2ccc3c(N)ncnn23)O[C@](C)(CO[P@@](=O)(N[C@@H](C)C(=O)OC2CCCCC2)Oc2ccccc2)[C@H]1O. The monoisotopic (exact) mass is 659 g/mol. The number of carbonyl (C=O) groups excluding carboxylic acids is 2. The second-order valence-electron chi connectivity index (χ2n) is 12.3. The van der Waals surface area contributed by atoms with Crippen LogP contribution in [-0.2, 0) is 32.9 Å². The summed E-state index contributed by atoms with van der Waals surface area (Å²) in [5, 5.41) is 18.6. The number of aromatic nitrogens is 3. The Labute approximate surface area is 267 Å². The molecule has 0 bridgehead atoms. The summed E-state index contributed by atoms with van der Waals surface area (Å²) >= 11 is 0. The normalized spacial score (nSPS) is 25.7. The van der Waals surface area contributed by atoms with Crippen LogP contribution in [0, 0.1) is 5.92 Å². The third kappa shape index (κ3) is 7.53. The molecule has 1 aromatic carbocycles. The number of nitrogen functional groups attached to an aromatic ring is 1. The number of fused-ring (bicyclic) bond motifs is 1. The lowest BCUT2D eigenvalue weighted by Gasteiger charge is -2.31. The molecule has 4 N–H and O–H groups in total. The van der Waals surface area contributed by atoms with Gasteiger partial charge in [-0.15, -0.1) is 0 Å². The minimum absolute atomic E-state index is 0.199. The Bertz CT molecular complexity index is 1560. The zero-order chi connectivity index (χ0) is 33.1. The molecule has 3 heterocycles. The van der Waals surface area contributed by atoms with E-state index in [0.717, 1.165) is 32.1 Å². The number of rotatable bonds is 12. The van der Waals surface area contributed by atoms with E-state index in [1.807, 2.05) is 0 Å². The molecule has 6 atom stereocenters. The molecule has 46 heavy (non-hydrogen) atoms. The fraction of sp³-hybridized carbons (Fsp3) is 0.548. The summed E-state index contributed by atoms with van der Waals surface area (Å²) < 4.78 is 45.2. The van der Waals surface area contributed by atoms with Gasteiger partial charge in [0.15, 0.2) is 11.9 Å². The number of para-hydroxylation sites is 1. The van der Waals surface area contributed by atoms with Crippen LogP contribution in [0.2, 0.25) is 0 Å². The van der Waals surface area contributed by atoms with Gasteiger partial charge in [-0.3, -0.25) is 14.1 Å². The molecule has 15 heteroatoms. The standard InChI is InChI=1S/C31H42N5O9P/c1-19(2)29(38)43-26-25(23-15-16-24-28(32)33-18-34-36(23)24)44-31(4,27(26)37)17-41-46(40,45-22-13-9-6-10-14-22)35-20(3)30(39)42-21-11-7-5-8-12-21/h6,9-10,13-16,18-21,25-27,37H,5,7-8,11-12,17H2,1-4H3,(H,35,40)(H2,32,33,34)/t20-,25-,26-,27-,31+,46-/m0/s1. The largest absolute Gasteiger partial charge is 0.461 e. The number of benzene rings is 1. The maximum Gasteiger partial charge on any atom is 0.459 e. The average molecular weight is 660 g/mol. The van der Waals surface area contributed by atoms with Crippen LogP contribution in [0.1, 0.15) is 71.6 Å². The summed E-state index contributed by atoms with van der Waals surface area (Å²) in [6.07, 6.45) is 2.04. The van der Waals surface area contributed by atoms with Crippen molar-refractivity contribution in [3.63, 3.8) is 0 Å². The Balaban J connectivity index is 1.39. The van der Waals surface area contributed by atoms with Crippen molar-refractivity contribution >= 4 is 31.0 Å². The highest BCUT2D eigenvalue weighted by Gasteiger charge is 2.56. The van der Waals surface area contributed by atoms with Gasteiger partial charge in [-0.25, -0.2) is 14.1 Å². The minimum Gasteiger partial charge on any atom is -0.461 e. The topological polar surface area (TPSA) is 186 Å². The molecule has 5 rings (SSSR count). The average Bonchev–Trinajstić information content (AvgIpc) is 3.57. The summed E-state index contributed by atoms with van der Waals surface area (Å²) in [5.74, 6) is -1.18. The summed E-state index contributed by atoms with van der Waals surface area (Å²) in [5.41, 5.74) is 5.39. The third-order valence-corrected chi connectivity index (χ3v) is 9.81. The number of nitrogens with zero attached hydrogens (tertiary/aromatic N) is 3. The van der Waals surface area contributed by atoms with Crippen molar-refractivity contribution in [2.24, 2.45) is 5.92 Å². The first-order valence-electron chi connectivity index (χ1n) is 15.5. The van der Waals surface area contributed by atoms with Gasteiger partial charge in [-0.1, -0.05) is 38.5 Å². The molecule has 3 aromatic rings. The fourth-order valence-corrected chi connectivity index (χ4v) is 7.12. The zero-order valence-electron chi connectivity index (χ0n) is 26.4. The number of hydrogen-bond donors (Lipinski definition) is 3. The van der Waals surface area contributed by atoms with Crippen LogP contribution in [0.3, 0.4) is 0 Å². The van der Waals surface area contributed by atoms with Crippen LogP contribution in [0.5, 0.6) is 5.75 Å². The quantitative estimate of drug-likeness (QED) is 0.186. The predicted molar refractivity (Wildman–Crippen MR) is 167 cm³/mol. The second-order valence-corrected chi connectivity index (χ2v) is 14.0.